The van der Waals surface area contributed by atoms with Crippen LogP contribution in [0.2, 0.25) is 0 Å². The molecule has 5 nitrogen and oxygen atoms in total. The molecule has 0 radical (unpaired) electrons. The van der Waals surface area contributed by atoms with E-state index >= 15 is 0 Å². The van der Waals surface area contributed by atoms with Gasteiger partial charge in [0.05, 0.1) is 11.7 Å². The summed E-state index contributed by atoms with van der Waals surface area (Å²) in [6.45, 7) is 7.17. The van der Waals surface area contributed by atoms with Gasteiger partial charge in [-0.1, -0.05) is 6.92 Å². The minimum Gasteiger partial charge on any atom is -0.355 e. The van der Waals surface area contributed by atoms with Crippen molar-refractivity contribution in [3.05, 3.63) is 40.6 Å². The van der Waals surface area contributed by atoms with Crippen molar-refractivity contribution in [2.24, 2.45) is 11.3 Å². The van der Waals surface area contributed by atoms with E-state index in [0.717, 1.165) is 52.0 Å². The molecular formula is C21H30N4OS. The highest BCUT2D eigenvalue weighted by atomic mass is 32.1. The maximum atomic E-state index is 12.7. The maximum absolute atomic E-state index is 12.7. The molecule has 1 aliphatic heterocycles. The van der Waals surface area contributed by atoms with Gasteiger partial charge in [-0.15, -0.1) is 11.3 Å². The molecule has 146 valence electrons. The summed E-state index contributed by atoms with van der Waals surface area (Å²) in [6.07, 6.45) is 11.0. The number of aryl methyl sites for hydroxylation is 1. The van der Waals surface area contributed by atoms with Crippen LogP contribution in [0.5, 0.6) is 0 Å². The van der Waals surface area contributed by atoms with Gasteiger partial charge in [0.25, 0.3) is 0 Å². The lowest BCUT2D eigenvalue weighted by Crippen LogP contribution is -2.41. The predicted octanol–water partition coefficient (Wildman–Crippen LogP) is 3.32. The first kappa shape index (κ1) is 18.7. The molecule has 1 saturated carbocycles. The molecule has 2 aliphatic rings. The van der Waals surface area contributed by atoms with E-state index in [9.17, 15) is 4.79 Å². The van der Waals surface area contributed by atoms with E-state index in [4.69, 9.17) is 0 Å². The highest BCUT2D eigenvalue weighted by Gasteiger charge is 2.49. The van der Waals surface area contributed by atoms with E-state index in [-0.39, 0.29) is 11.3 Å². The second-order valence-electron chi connectivity index (χ2n) is 8.17. The summed E-state index contributed by atoms with van der Waals surface area (Å²) >= 11 is 1.95. The molecule has 0 aromatic carbocycles. The minimum absolute atomic E-state index is 0.183. The average Bonchev–Trinajstić information content (AvgIpc) is 3.07. The number of rotatable bonds is 8. The van der Waals surface area contributed by atoms with Crippen LogP contribution in [0.1, 0.15) is 42.4 Å². The number of likely N-dealkylation sites (tertiary alicyclic amines) is 1. The fourth-order valence-corrected chi connectivity index (χ4v) is 5.03. The lowest BCUT2D eigenvalue weighted by atomic mass is 9.96. The number of hydrogen-bond acceptors (Lipinski definition) is 4. The molecule has 2 aromatic heterocycles. The van der Waals surface area contributed by atoms with Gasteiger partial charge in [-0.05, 0) is 63.2 Å². The van der Waals surface area contributed by atoms with Crippen molar-refractivity contribution in [1.82, 2.24) is 19.8 Å². The molecule has 1 aliphatic carbocycles. The predicted molar refractivity (Wildman–Crippen MR) is 109 cm³/mol. The van der Waals surface area contributed by atoms with Gasteiger partial charge in [-0.25, -0.2) is 4.98 Å². The van der Waals surface area contributed by atoms with E-state index in [1.807, 2.05) is 22.1 Å². The summed E-state index contributed by atoms with van der Waals surface area (Å²) in [5.74, 6) is 0.855. The average molecular weight is 387 g/mol. The van der Waals surface area contributed by atoms with E-state index in [0.29, 0.717) is 5.92 Å². The van der Waals surface area contributed by atoms with Crippen LogP contribution < -0.4 is 5.32 Å². The largest absolute Gasteiger partial charge is 0.355 e. The molecule has 0 unspecified atom stereocenters. The lowest BCUT2D eigenvalue weighted by molar-refractivity contribution is -0.127. The van der Waals surface area contributed by atoms with E-state index < -0.39 is 0 Å². The number of nitrogens with one attached hydrogen (secondary N) is 1. The summed E-state index contributed by atoms with van der Waals surface area (Å²) in [5, 5.41) is 3.25. The highest BCUT2D eigenvalue weighted by Crippen LogP contribution is 2.47. The summed E-state index contributed by atoms with van der Waals surface area (Å²) in [6, 6.07) is 4.55. The summed E-state index contributed by atoms with van der Waals surface area (Å²) in [5.41, 5.74) is -0.183. The summed E-state index contributed by atoms with van der Waals surface area (Å²) < 4.78 is 2.03. The normalized spacial score (nSPS) is 19.9. The summed E-state index contributed by atoms with van der Waals surface area (Å²) in [7, 11) is 0. The van der Waals surface area contributed by atoms with Crippen LogP contribution in [0.4, 0.5) is 0 Å². The molecule has 1 amide bonds. The number of imidazole rings is 1. The van der Waals surface area contributed by atoms with Gasteiger partial charge in [-0.3, -0.25) is 9.69 Å². The van der Waals surface area contributed by atoms with Gasteiger partial charge in [0, 0.05) is 41.8 Å². The number of thiophene rings is 1. The number of amides is 1. The molecule has 4 rings (SSSR count). The fourth-order valence-electron chi connectivity index (χ4n) is 4.03. The van der Waals surface area contributed by atoms with Crippen molar-refractivity contribution < 1.29 is 4.79 Å². The van der Waals surface area contributed by atoms with Crippen LogP contribution in [0.25, 0.3) is 0 Å². The van der Waals surface area contributed by atoms with Crippen LogP contribution in [0, 0.1) is 11.3 Å². The summed E-state index contributed by atoms with van der Waals surface area (Å²) in [4.78, 5) is 22.3. The van der Waals surface area contributed by atoms with Crippen molar-refractivity contribution in [3.8, 4) is 0 Å². The first-order valence-corrected chi connectivity index (χ1v) is 11.0. The zero-order valence-corrected chi connectivity index (χ0v) is 17.0. The second-order valence-corrected chi connectivity index (χ2v) is 9.42. The number of nitrogens with zero attached hydrogens (tertiary/aromatic N) is 3. The van der Waals surface area contributed by atoms with Gasteiger partial charge >= 0.3 is 0 Å². The van der Waals surface area contributed by atoms with Gasteiger partial charge in [-0.2, -0.15) is 0 Å². The van der Waals surface area contributed by atoms with Gasteiger partial charge in [0.1, 0.15) is 0 Å². The lowest BCUT2D eigenvalue weighted by Gasteiger charge is -2.32. The smallest absolute Gasteiger partial charge is 0.228 e. The Labute approximate surface area is 165 Å². The quantitative estimate of drug-likeness (QED) is 0.757. The maximum Gasteiger partial charge on any atom is 0.228 e. The van der Waals surface area contributed by atoms with Crippen molar-refractivity contribution in [2.45, 2.75) is 52.1 Å². The SMILES string of the molecule is CCc1ccc(CN2CCC(CNC(=O)C3(Cn4ccnc4)CC3)CC2)s1. The molecule has 2 aromatic rings. The van der Waals surface area contributed by atoms with E-state index in [1.54, 1.807) is 12.5 Å². The molecular weight excluding hydrogens is 356 g/mol. The third-order valence-corrected chi connectivity index (χ3v) is 7.30. The molecule has 2 fully saturated rings. The Hall–Kier alpha value is -1.66. The van der Waals surface area contributed by atoms with Crippen molar-refractivity contribution >= 4 is 17.2 Å². The highest BCUT2D eigenvalue weighted by molar-refractivity contribution is 7.11. The molecule has 27 heavy (non-hydrogen) atoms. The molecule has 0 bridgehead atoms. The number of carbonyl (C=O) groups is 1. The third kappa shape index (κ3) is 4.61. The Morgan fingerprint density at radius 2 is 2.07 bits per heavy atom. The first-order chi connectivity index (χ1) is 13.2. The third-order valence-electron chi connectivity index (χ3n) is 6.08. The van der Waals surface area contributed by atoms with Crippen LogP contribution >= 0.6 is 11.3 Å². The zero-order chi connectivity index (χ0) is 18.7. The van der Waals surface area contributed by atoms with Crippen LogP contribution in [-0.2, 0) is 24.3 Å². The molecule has 0 spiro atoms. The number of piperidine rings is 1. The van der Waals surface area contributed by atoms with Crippen LogP contribution in [-0.4, -0.2) is 40.0 Å². The standard InChI is InChI=1S/C21H30N4OS/c1-2-18-3-4-19(27-18)14-24-10-5-17(6-11-24)13-23-20(26)21(7-8-21)15-25-12-9-22-16-25/h3-4,9,12,16-17H,2,5-8,10-11,13-15H2,1H3,(H,23,26). The minimum atomic E-state index is -0.183. The number of aromatic nitrogens is 2. The van der Waals surface area contributed by atoms with Gasteiger partial charge in [0.15, 0.2) is 0 Å². The Kier molecular flexibility index (Phi) is 5.64. The molecule has 3 heterocycles. The Morgan fingerprint density at radius 3 is 2.70 bits per heavy atom. The van der Waals surface area contributed by atoms with E-state index in [2.05, 4.69) is 34.3 Å². The second kappa shape index (κ2) is 8.15. The zero-order valence-electron chi connectivity index (χ0n) is 16.2. The Morgan fingerprint density at radius 1 is 1.30 bits per heavy atom. The first-order valence-electron chi connectivity index (χ1n) is 10.2. The topological polar surface area (TPSA) is 50.2 Å². The Bertz CT molecular complexity index is 742. The van der Waals surface area contributed by atoms with Crippen LogP contribution in [0.3, 0.4) is 0 Å². The van der Waals surface area contributed by atoms with Crippen molar-refractivity contribution in [1.29, 1.82) is 0 Å². The van der Waals surface area contributed by atoms with Crippen LogP contribution in [0.15, 0.2) is 30.9 Å². The number of carbonyl (C=O) groups excluding carboxylic acids is 1. The monoisotopic (exact) mass is 386 g/mol. The molecule has 1 N–H and O–H groups in total. The number of hydrogen-bond donors (Lipinski definition) is 1. The van der Waals surface area contributed by atoms with Crippen molar-refractivity contribution in [3.63, 3.8) is 0 Å². The van der Waals surface area contributed by atoms with Gasteiger partial charge < -0.3 is 9.88 Å². The molecule has 6 heteroatoms. The molecule has 0 atom stereocenters. The Balaban J connectivity index is 1.19. The molecule has 1 saturated heterocycles. The van der Waals surface area contributed by atoms with E-state index in [1.165, 1.54) is 22.6 Å². The van der Waals surface area contributed by atoms with Gasteiger partial charge in [0.2, 0.25) is 5.91 Å². The fraction of sp³-hybridized carbons (Fsp3) is 0.619. The van der Waals surface area contributed by atoms with Crippen molar-refractivity contribution in [2.75, 3.05) is 19.6 Å².